The van der Waals surface area contributed by atoms with Gasteiger partial charge in [-0.05, 0) is 42.0 Å². The molecule has 3 rings (SSSR count). The zero-order valence-corrected chi connectivity index (χ0v) is 18.6. The first kappa shape index (κ1) is 23.3. The maximum absolute atomic E-state index is 13.4. The van der Waals surface area contributed by atoms with Crippen LogP contribution in [0.1, 0.15) is 23.6 Å². The third kappa shape index (κ3) is 4.60. The van der Waals surface area contributed by atoms with Gasteiger partial charge in [-0.1, -0.05) is 6.07 Å². The average molecular weight is 443 g/mol. The van der Waals surface area contributed by atoms with E-state index in [0.29, 0.717) is 30.0 Å². The van der Waals surface area contributed by atoms with Gasteiger partial charge in [0.05, 0.1) is 46.5 Å². The molecule has 0 saturated carbocycles. The summed E-state index contributed by atoms with van der Waals surface area (Å²) in [6.45, 7) is 1.15. The van der Waals surface area contributed by atoms with Gasteiger partial charge >= 0.3 is 0 Å². The van der Waals surface area contributed by atoms with Crippen LogP contribution in [0.2, 0.25) is 0 Å². The number of aliphatic hydroxyl groups is 1. The molecular formula is C24H28FN2O5+. The highest BCUT2D eigenvalue weighted by Crippen LogP contribution is 2.41. The minimum atomic E-state index is -0.808. The predicted molar refractivity (Wildman–Crippen MR) is 117 cm³/mol. The Balaban J connectivity index is 2.13. The lowest BCUT2D eigenvalue weighted by Crippen LogP contribution is -3.05. The SMILES string of the molecule is COc1ccc([C@@H]2C(=C(O)c3ccc(F)cc3)C(=O)C(=O)N2CCC[NH+](C)C)cc1OC. The van der Waals surface area contributed by atoms with Crippen molar-refractivity contribution in [2.75, 3.05) is 41.4 Å². The molecule has 32 heavy (non-hydrogen) atoms. The summed E-state index contributed by atoms with van der Waals surface area (Å²) < 4.78 is 24.1. The number of aliphatic hydroxyl groups excluding tert-OH is 1. The molecule has 0 aromatic heterocycles. The lowest BCUT2D eigenvalue weighted by molar-refractivity contribution is -0.858. The standard InChI is InChI=1S/C24H27FN2O5/c1-26(2)12-5-13-27-21(16-8-11-18(31-3)19(14-16)32-4)20(23(29)24(27)30)22(28)15-6-9-17(25)10-7-15/h6-11,14,21,28H,5,12-13H2,1-4H3/p+1/t21-/m1/s1. The van der Waals surface area contributed by atoms with Crippen LogP contribution < -0.4 is 14.4 Å². The molecule has 8 heteroatoms. The number of quaternary nitrogens is 1. The van der Waals surface area contributed by atoms with E-state index in [1.807, 2.05) is 14.1 Å². The fourth-order valence-electron chi connectivity index (χ4n) is 3.85. The second kappa shape index (κ2) is 9.82. The number of nitrogens with zero attached hydrogens (tertiary/aromatic N) is 1. The van der Waals surface area contributed by atoms with Gasteiger partial charge in [0.15, 0.2) is 11.5 Å². The fourth-order valence-corrected chi connectivity index (χ4v) is 3.85. The molecule has 1 atom stereocenters. The van der Waals surface area contributed by atoms with Gasteiger partial charge in [-0.2, -0.15) is 0 Å². The third-order valence-electron chi connectivity index (χ3n) is 5.46. The van der Waals surface area contributed by atoms with Gasteiger partial charge in [0.25, 0.3) is 11.7 Å². The molecule has 0 radical (unpaired) electrons. The Morgan fingerprint density at radius 2 is 1.72 bits per heavy atom. The van der Waals surface area contributed by atoms with Gasteiger partial charge in [-0.15, -0.1) is 0 Å². The number of methoxy groups -OCH3 is 2. The van der Waals surface area contributed by atoms with E-state index in [2.05, 4.69) is 0 Å². The number of hydrogen-bond donors (Lipinski definition) is 2. The fraction of sp³-hybridized carbons (Fsp3) is 0.333. The van der Waals surface area contributed by atoms with Gasteiger partial charge in [0, 0.05) is 18.5 Å². The second-order valence-corrected chi connectivity index (χ2v) is 7.92. The molecule has 1 heterocycles. The minimum Gasteiger partial charge on any atom is -0.507 e. The third-order valence-corrected chi connectivity index (χ3v) is 5.46. The van der Waals surface area contributed by atoms with Crippen LogP contribution in [-0.4, -0.2) is 63.1 Å². The molecule has 170 valence electrons. The quantitative estimate of drug-likeness (QED) is 0.370. The number of ketones is 1. The molecule has 7 nitrogen and oxygen atoms in total. The number of ether oxygens (including phenoxy) is 2. The normalized spacial score (nSPS) is 17.8. The van der Waals surface area contributed by atoms with E-state index < -0.39 is 23.5 Å². The number of rotatable bonds is 8. The van der Waals surface area contributed by atoms with Gasteiger partial charge in [-0.3, -0.25) is 9.59 Å². The lowest BCUT2D eigenvalue weighted by Gasteiger charge is -2.26. The summed E-state index contributed by atoms with van der Waals surface area (Å²) in [6, 6.07) is 9.44. The maximum atomic E-state index is 13.4. The summed E-state index contributed by atoms with van der Waals surface area (Å²) in [4.78, 5) is 28.7. The first-order valence-electron chi connectivity index (χ1n) is 10.3. The van der Waals surface area contributed by atoms with Crippen LogP contribution in [0.3, 0.4) is 0 Å². The van der Waals surface area contributed by atoms with Crippen molar-refractivity contribution in [3.8, 4) is 11.5 Å². The summed E-state index contributed by atoms with van der Waals surface area (Å²) in [7, 11) is 7.03. The number of likely N-dealkylation sites (tertiary alicyclic amines) is 1. The number of amides is 1. The molecule has 2 N–H and O–H groups in total. The molecule has 2 aromatic rings. The van der Waals surface area contributed by atoms with Crippen LogP contribution in [0, 0.1) is 5.82 Å². The number of benzene rings is 2. The molecule has 2 aromatic carbocycles. The summed E-state index contributed by atoms with van der Waals surface area (Å²) in [6.07, 6.45) is 0.676. The van der Waals surface area contributed by atoms with Gasteiger partial charge in [0.1, 0.15) is 11.6 Å². The number of carbonyl (C=O) groups excluding carboxylic acids is 2. The molecule has 0 unspecified atom stereocenters. The van der Waals surface area contributed by atoms with Crippen LogP contribution in [0.5, 0.6) is 11.5 Å². The van der Waals surface area contributed by atoms with Crippen molar-refractivity contribution >= 4 is 17.4 Å². The summed E-state index contributed by atoms with van der Waals surface area (Å²) in [5, 5.41) is 11.0. The Bertz CT molecular complexity index is 1030. The van der Waals surface area contributed by atoms with E-state index in [-0.39, 0.29) is 16.9 Å². The highest BCUT2D eigenvalue weighted by molar-refractivity contribution is 6.46. The van der Waals surface area contributed by atoms with Gasteiger partial charge in [0.2, 0.25) is 0 Å². The highest BCUT2D eigenvalue weighted by Gasteiger charge is 2.46. The molecular weight excluding hydrogens is 415 g/mol. The van der Waals surface area contributed by atoms with E-state index in [1.54, 1.807) is 18.2 Å². The van der Waals surface area contributed by atoms with Crippen LogP contribution in [0.4, 0.5) is 4.39 Å². The van der Waals surface area contributed by atoms with Crippen molar-refractivity contribution in [2.45, 2.75) is 12.5 Å². The van der Waals surface area contributed by atoms with E-state index in [1.165, 1.54) is 48.3 Å². The van der Waals surface area contributed by atoms with E-state index in [4.69, 9.17) is 9.47 Å². The number of halogens is 1. The Hall–Kier alpha value is -3.39. The molecule has 1 aliphatic heterocycles. The largest absolute Gasteiger partial charge is 0.507 e. The average Bonchev–Trinajstić information content (AvgIpc) is 3.03. The van der Waals surface area contributed by atoms with Gasteiger partial charge in [-0.25, -0.2) is 4.39 Å². The van der Waals surface area contributed by atoms with E-state index >= 15 is 0 Å². The second-order valence-electron chi connectivity index (χ2n) is 7.92. The summed E-state index contributed by atoms with van der Waals surface area (Å²) in [5.74, 6) is -1.32. The van der Waals surface area contributed by atoms with Crippen LogP contribution in [-0.2, 0) is 9.59 Å². The molecule has 1 amide bonds. The molecule has 0 spiro atoms. The van der Waals surface area contributed by atoms with Crippen molar-refractivity contribution in [1.82, 2.24) is 4.90 Å². The number of hydrogen-bond acceptors (Lipinski definition) is 5. The number of nitrogens with one attached hydrogen (secondary N) is 1. The monoisotopic (exact) mass is 443 g/mol. The number of carbonyl (C=O) groups is 2. The molecule has 1 fully saturated rings. The maximum Gasteiger partial charge on any atom is 0.295 e. The first-order valence-corrected chi connectivity index (χ1v) is 10.3. The van der Waals surface area contributed by atoms with Crippen LogP contribution in [0.15, 0.2) is 48.0 Å². The Morgan fingerprint density at radius 1 is 1.06 bits per heavy atom. The Kier molecular flexibility index (Phi) is 7.15. The zero-order valence-electron chi connectivity index (χ0n) is 18.6. The lowest BCUT2D eigenvalue weighted by atomic mass is 9.95. The highest BCUT2D eigenvalue weighted by atomic mass is 19.1. The predicted octanol–water partition coefficient (Wildman–Crippen LogP) is 1.80. The van der Waals surface area contributed by atoms with Crippen LogP contribution >= 0.6 is 0 Å². The van der Waals surface area contributed by atoms with Crippen LogP contribution in [0.25, 0.3) is 5.76 Å². The summed E-state index contributed by atoms with van der Waals surface area (Å²) >= 11 is 0. The molecule has 1 aliphatic rings. The Morgan fingerprint density at radius 3 is 2.31 bits per heavy atom. The first-order chi connectivity index (χ1) is 15.3. The van der Waals surface area contributed by atoms with Crippen molar-refractivity contribution in [2.24, 2.45) is 0 Å². The smallest absolute Gasteiger partial charge is 0.295 e. The van der Waals surface area contributed by atoms with Gasteiger partial charge < -0.3 is 24.4 Å². The molecule has 0 bridgehead atoms. The van der Waals surface area contributed by atoms with Crippen molar-refractivity contribution in [3.05, 3.63) is 65.0 Å². The van der Waals surface area contributed by atoms with Crippen molar-refractivity contribution < 1.29 is 33.5 Å². The van der Waals surface area contributed by atoms with E-state index in [9.17, 15) is 19.1 Å². The Labute approximate surface area is 186 Å². The van der Waals surface area contributed by atoms with Crippen molar-refractivity contribution in [1.29, 1.82) is 0 Å². The summed E-state index contributed by atoms with van der Waals surface area (Å²) in [5.41, 5.74) is 0.821. The molecule has 1 saturated heterocycles. The van der Waals surface area contributed by atoms with E-state index in [0.717, 1.165) is 6.54 Å². The zero-order chi connectivity index (χ0) is 23.4. The number of Topliss-reactive ketones (excluding diaryl/α,β-unsaturated/α-hetero) is 1. The van der Waals surface area contributed by atoms with Crippen molar-refractivity contribution in [3.63, 3.8) is 0 Å². The minimum absolute atomic E-state index is 0.0361. The topological polar surface area (TPSA) is 80.5 Å². The molecule has 0 aliphatic carbocycles.